The normalized spacial score (nSPS) is 11.8. The summed E-state index contributed by atoms with van der Waals surface area (Å²) in [5, 5.41) is 1.16. The van der Waals surface area contributed by atoms with Gasteiger partial charge in [-0.2, -0.15) is 0 Å². The zero-order valence-electron chi connectivity index (χ0n) is 12.1. The summed E-state index contributed by atoms with van der Waals surface area (Å²) < 4.78 is 2.20. The first-order chi connectivity index (χ1) is 10.3. The molecule has 2 N–H and O–H groups in total. The minimum absolute atomic E-state index is 0.755. The minimum Gasteiger partial charge on any atom is -0.397 e. The van der Waals surface area contributed by atoms with Gasteiger partial charge in [-0.15, -0.1) is 0 Å². The number of fused-ring (bicyclic) bond motifs is 1. The summed E-state index contributed by atoms with van der Waals surface area (Å²) in [6.45, 7) is 5.92. The van der Waals surface area contributed by atoms with E-state index in [1.807, 2.05) is 49.4 Å². The molecule has 0 saturated carbocycles. The van der Waals surface area contributed by atoms with Crippen molar-refractivity contribution in [2.45, 2.75) is 6.92 Å². The lowest BCUT2D eigenvalue weighted by atomic mass is 10.1. The lowest BCUT2D eigenvalue weighted by Gasteiger charge is -2.11. The maximum atomic E-state index is 6.27. The molecule has 21 heavy (non-hydrogen) atoms. The fourth-order valence-electron chi connectivity index (χ4n) is 2.74. The highest BCUT2D eigenvalue weighted by Crippen LogP contribution is 2.32. The van der Waals surface area contributed by atoms with E-state index >= 15 is 0 Å². The third kappa shape index (κ3) is 2.05. The Morgan fingerprint density at radius 2 is 1.71 bits per heavy atom. The van der Waals surface area contributed by atoms with E-state index in [4.69, 9.17) is 5.73 Å². The fourth-order valence-corrected chi connectivity index (χ4v) is 2.74. The average molecular weight is 274 g/mol. The van der Waals surface area contributed by atoms with Crippen molar-refractivity contribution in [2.24, 2.45) is 5.73 Å². The van der Waals surface area contributed by atoms with Crippen LogP contribution in [0.1, 0.15) is 18.2 Å². The maximum Gasteiger partial charge on any atom is 0.0767 e. The molecule has 2 nitrogen and oxygen atoms in total. The monoisotopic (exact) mass is 274 g/mol. The van der Waals surface area contributed by atoms with E-state index in [-0.39, 0.29) is 0 Å². The molecular weight excluding hydrogens is 256 g/mol. The first-order valence-electron chi connectivity index (χ1n) is 7.01. The second-order valence-corrected chi connectivity index (χ2v) is 4.90. The van der Waals surface area contributed by atoms with Gasteiger partial charge in [0.05, 0.1) is 16.9 Å². The Labute approximate surface area is 124 Å². The van der Waals surface area contributed by atoms with Gasteiger partial charge in [-0.3, -0.25) is 0 Å². The lowest BCUT2D eigenvalue weighted by Crippen LogP contribution is -2.05. The highest BCUT2D eigenvalue weighted by atomic mass is 15.0. The Hall–Kier alpha value is -2.74. The number of para-hydroxylation sites is 2. The van der Waals surface area contributed by atoms with Crippen LogP contribution in [0.4, 0.5) is 0 Å². The Kier molecular flexibility index (Phi) is 3.36. The molecule has 0 radical (unpaired) electrons. The fraction of sp³-hybridized carbons (Fsp3) is 0.0526. The number of aromatic nitrogens is 1. The van der Waals surface area contributed by atoms with E-state index in [1.54, 1.807) is 0 Å². The number of allylic oxidation sites excluding steroid dienone is 1. The molecule has 2 heteroatoms. The second kappa shape index (κ2) is 5.33. The van der Waals surface area contributed by atoms with Gasteiger partial charge in [-0.05, 0) is 25.1 Å². The van der Waals surface area contributed by atoms with Crippen molar-refractivity contribution < 1.29 is 0 Å². The summed E-state index contributed by atoms with van der Waals surface area (Å²) in [6.07, 6.45) is 3.81. The highest BCUT2D eigenvalue weighted by Gasteiger charge is 2.17. The van der Waals surface area contributed by atoms with Crippen LogP contribution in [0.3, 0.4) is 0 Å². The number of hydrogen-bond donors (Lipinski definition) is 1. The third-order valence-electron chi connectivity index (χ3n) is 3.72. The summed E-state index contributed by atoms with van der Waals surface area (Å²) in [6, 6.07) is 18.6. The molecule has 3 aromatic rings. The first-order valence-corrected chi connectivity index (χ1v) is 7.01. The molecule has 0 spiro atoms. The van der Waals surface area contributed by atoms with Crippen LogP contribution in [0.5, 0.6) is 0 Å². The van der Waals surface area contributed by atoms with Crippen LogP contribution >= 0.6 is 0 Å². The van der Waals surface area contributed by atoms with E-state index < -0.39 is 0 Å². The van der Waals surface area contributed by atoms with E-state index in [0.717, 1.165) is 33.5 Å². The van der Waals surface area contributed by atoms with Crippen molar-refractivity contribution in [3.63, 3.8) is 0 Å². The smallest absolute Gasteiger partial charge is 0.0767 e. The van der Waals surface area contributed by atoms with Gasteiger partial charge >= 0.3 is 0 Å². The van der Waals surface area contributed by atoms with Crippen molar-refractivity contribution in [3.05, 3.63) is 78.5 Å². The Balaban J connectivity index is 2.49. The quantitative estimate of drug-likeness (QED) is 0.744. The zero-order chi connectivity index (χ0) is 14.8. The summed E-state index contributed by atoms with van der Waals surface area (Å²) in [5.74, 6) is 0. The third-order valence-corrected chi connectivity index (χ3v) is 3.72. The van der Waals surface area contributed by atoms with Gasteiger partial charge < -0.3 is 10.3 Å². The molecule has 1 heterocycles. The van der Waals surface area contributed by atoms with Crippen molar-refractivity contribution in [1.82, 2.24) is 4.57 Å². The van der Waals surface area contributed by atoms with Gasteiger partial charge in [0.25, 0.3) is 0 Å². The Morgan fingerprint density at radius 1 is 1.05 bits per heavy atom. The predicted octanol–water partition coefficient (Wildman–Crippen LogP) is 4.59. The van der Waals surface area contributed by atoms with Crippen molar-refractivity contribution >= 4 is 22.7 Å². The molecule has 0 amide bonds. The van der Waals surface area contributed by atoms with Gasteiger partial charge in [-0.1, -0.05) is 55.1 Å². The van der Waals surface area contributed by atoms with Gasteiger partial charge in [0.1, 0.15) is 0 Å². The largest absolute Gasteiger partial charge is 0.397 e. The highest BCUT2D eigenvalue weighted by molar-refractivity contribution is 5.96. The molecular formula is C19H18N2. The molecule has 0 aliphatic heterocycles. The van der Waals surface area contributed by atoms with Gasteiger partial charge in [0.15, 0.2) is 0 Å². The van der Waals surface area contributed by atoms with Gasteiger partial charge in [0.2, 0.25) is 0 Å². The molecule has 0 bridgehead atoms. The molecule has 104 valence electrons. The van der Waals surface area contributed by atoms with E-state index in [2.05, 4.69) is 35.4 Å². The van der Waals surface area contributed by atoms with Crippen LogP contribution in [-0.4, -0.2) is 4.57 Å². The molecule has 0 aliphatic carbocycles. The van der Waals surface area contributed by atoms with Gasteiger partial charge in [-0.25, -0.2) is 0 Å². The molecule has 2 aromatic carbocycles. The molecule has 0 saturated heterocycles. The maximum absolute atomic E-state index is 6.27. The summed E-state index contributed by atoms with van der Waals surface area (Å²) in [7, 11) is 0. The zero-order valence-corrected chi connectivity index (χ0v) is 12.1. The predicted molar refractivity (Wildman–Crippen MR) is 91.2 cm³/mol. The summed E-state index contributed by atoms with van der Waals surface area (Å²) in [5.41, 5.74) is 11.3. The summed E-state index contributed by atoms with van der Waals surface area (Å²) in [4.78, 5) is 0. The second-order valence-electron chi connectivity index (χ2n) is 4.90. The molecule has 3 rings (SSSR count). The first kappa shape index (κ1) is 13.3. The van der Waals surface area contributed by atoms with E-state index in [1.165, 1.54) is 0 Å². The van der Waals surface area contributed by atoms with Crippen molar-refractivity contribution in [3.8, 4) is 5.69 Å². The van der Waals surface area contributed by atoms with E-state index in [0.29, 0.717) is 0 Å². The topological polar surface area (TPSA) is 30.9 Å². The lowest BCUT2D eigenvalue weighted by molar-refractivity contribution is 1.09. The number of nitrogens with two attached hydrogens (primary N) is 1. The SMILES string of the molecule is C=Cc1c(/C(N)=C\C)n(-c2ccccc2)c2ccccc12. The van der Waals surface area contributed by atoms with Crippen LogP contribution in [0.25, 0.3) is 28.4 Å². The Morgan fingerprint density at radius 3 is 2.38 bits per heavy atom. The standard InChI is InChI=1S/C19H18N2/c1-3-15-16-12-8-9-13-18(16)21(19(15)17(20)4-2)14-10-6-5-7-11-14/h3-13H,1,20H2,2H3/b17-4+. The van der Waals surface area contributed by atoms with Gasteiger partial charge in [0, 0.05) is 16.6 Å². The molecule has 1 aromatic heterocycles. The minimum atomic E-state index is 0.755. The van der Waals surface area contributed by atoms with Crippen LogP contribution in [0.15, 0.2) is 67.3 Å². The average Bonchev–Trinajstić information content (AvgIpc) is 2.89. The molecule has 0 fully saturated rings. The van der Waals surface area contributed by atoms with Crippen LogP contribution in [0, 0.1) is 0 Å². The molecule has 0 aliphatic rings. The van der Waals surface area contributed by atoms with Crippen molar-refractivity contribution in [1.29, 1.82) is 0 Å². The summed E-state index contributed by atoms with van der Waals surface area (Å²) >= 11 is 0. The number of rotatable bonds is 3. The van der Waals surface area contributed by atoms with Crippen LogP contribution < -0.4 is 5.73 Å². The molecule has 0 unspecified atom stereocenters. The van der Waals surface area contributed by atoms with E-state index in [9.17, 15) is 0 Å². The number of hydrogen-bond acceptors (Lipinski definition) is 1. The molecule has 0 atom stereocenters. The number of nitrogens with zero attached hydrogens (tertiary/aromatic N) is 1. The number of benzene rings is 2. The van der Waals surface area contributed by atoms with Crippen LogP contribution in [0.2, 0.25) is 0 Å². The van der Waals surface area contributed by atoms with Crippen molar-refractivity contribution in [2.75, 3.05) is 0 Å². The Bertz CT molecular complexity index is 823. The van der Waals surface area contributed by atoms with Crippen LogP contribution in [-0.2, 0) is 0 Å².